The number of aromatic nitrogens is 1. The maximum atomic E-state index is 12.2. The molecular weight excluding hydrogens is 312 g/mol. The molecular formula is C17H16N2O5. The number of aromatic amines is 1. The number of pyridine rings is 1. The highest BCUT2D eigenvalue weighted by molar-refractivity contribution is 5.89. The number of fused-ring (bicyclic) bond motifs is 1. The lowest BCUT2D eigenvalue weighted by molar-refractivity contribution is 0.0687. The average Bonchev–Trinajstić information content (AvgIpc) is 2.59. The maximum absolute atomic E-state index is 12.2. The van der Waals surface area contributed by atoms with E-state index < -0.39 is 17.6 Å². The second kappa shape index (κ2) is 6.57. The highest BCUT2D eigenvalue weighted by Crippen LogP contribution is 2.20. The summed E-state index contributed by atoms with van der Waals surface area (Å²) in [4.78, 5) is 39.1. The standard InChI is InChI=1S/C17H16N2O5/c20-15-8-12(16(21)22)13-9-19(7-6-14(13)18-15)17(23)24-10-11-4-2-1-3-5-11/h1-5,8H,6-7,9-10H2,(H,18,20)(H,21,22). The van der Waals surface area contributed by atoms with Gasteiger partial charge in [0.05, 0.1) is 12.1 Å². The van der Waals surface area contributed by atoms with Crippen molar-refractivity contribution >= 4 is 12.1 Å². The van der Waals surface area contributed by atoms with Crippen molar-refractivity contribution in [1.82, 2.24) is 9.88 Å². The van der Waals surface area contributed by atoms with E-state index in [0.29, 0.717) is 24.2 Å². The number of aromatic carboxylic acids is 1. The minimum atomic E-state index is -1.18. The van der Waals surface area contributed by atoms with E-state index in [-0.39, 0.29) is 18.7 Å². The number of ether oxygens (including phenoxy) is 1. The predicted octanol–water partition coefficient (Wildman–Crippen LogP) is 1.77. The van der Waals surface area contributed by atoms with Crippen LogP contribution in [-0.2, 0) is 24.3 Å². The number of hydrogen-bond acceptors (Lipinski definition) is 4. The fourth-order valence-corrected chi connectivity index (χ4v) is 2.71. The van der Waals surface area contributed by atoms with Gasteiger partial charge >= 0.3 is 12.1 Å². The second-order valence-electron chi connectivity index (χ2n) is 5.52. The zero-order chi connectivity index (χ0) is 17.1. The molecule has 1 aromatic carbocycles. The monoisotopic (exact) mass is 328 g/mol. The number of benzene rings is 1. The van der Waals surface area contributed by atoms with E-state index in [9.17, 15) is 19.5 Å². The summed E-state index contributed by atoms with van der Waals surface area (Å²) in [7, 11) is 0. The largest absolute Gasteiger partial charge is 0.478 e. The third kappa shape index (κ3) is 3.29. The first-order valence-corrected chi connectivity index (χ1v) is 7.48. The van der Waals surface area contributed by atoms with E-state index in [0.717, 1.165) is 11.6 Å². The Hall–Kier alpha value is -3.09. The molecule has 0 saturated heterocycles. The summed E-state index contributed by atoms with van der Waals surface area (Å²) in [5.74, 6) is -1.18. The van der Waals surface area contributed by atoms with Crippen molar-refractivity contribution in [2.75, 3.05) is 6.54 Å². The summed E-state index contributed by atoms with van der Waals surface area (Å²) < 4.78 is 5.27. The molecule has 1 aliphatic heterocycles. The van der Waals surface area contributed by atoms with Crippen LogP contribution in [0, 0.1) is 0 Å². The third-order valence-corrected chi connectivity index (χ3v) is 3.91. The van der Waals surface area contributed by atoms with Crippen LogP contribution in [0.25, 0.3) is 0 Å². The number of nitrogens with zero attached hydrogens (tertiary/aromatic N) is 1. The first kappa shape index (κ1) is 15.8. The number of carbonyl (C=O) groups excluding carboxylic acids is 1. The summed E-state index contributed by atoms with van der Waals surface area (Å²) in [5, 5.41) is 9.25. The summed E-state index contributed by atoms with van der Waals surface area (Å²) in [6.07, 6.45) is -0.126. The summed E-state index contributed by atoms with van der Waals surface area (Å²) in [6, 6.07) is 10.3. The molecule has 0 bridgehead atoms. The number of carbonyl (C=O) groups is 2. The molecule has 3 rings (SSSR count). The Balaban J connectivity index is 1.73. The van der Waals surface area contributed by atoms with E-state index in [1.807, 2.05) is 30.3 Å². The molecule has 1 aromatic heterocycles. The number of carboxylic acid groups (broad SMARTS) is 1. The number of H-pyrrole nitrogens is 1. The average molecular weight is 328 g/mol. The lowest BCUT2D eigenvalue weighted by Crippen LogP contribution is -2.38. The molecule has 124 valence electrons. The maximum Gasteiger partial charge on any atom is 0.410 e. The van der Waals surface area contributed by atoms with Crippen LogP contribution in [-0.4, -0.2) is 33.6 Å². The van der Waals surface area contributed by atoms with E-state index in [1.54, 1.807) is 0 Å². The van der Waals surface area contributed by atoms with Crippen molar-refractivity contribution in [1.29, 1.82) is 0 Å². The lowest BCUT2D eigenvalue weighted by atomic mass is 10.0. The van der Waals surface area contributed by atoms with Gasteiger partial charge in [0.15, 0.2) is 0 Å². The minimum Gasteiger partial charge on any atom is -0.478 e. The van der Waals surface area contributed by atoms with Crippen LogP contribution in [0.1, 0.15) is 27.2 Å². The second-order valence-corrected chi connectivity index (χ2v) is 5.52. The van der Waals surface area contributed by atoms with E-state index in [1.165, 1.54) is 4.90 Å². The fraction of sp³-hybridized carbons (Fsp3) is 0.235. The summed E-state index contributed by atoms with van der Waals surface area (Å²) in [5.41, 5.74) is 1.36. The van der Waals surface area contributed by atoms with Crippen LogP contribution in [0.15, 0.2) is 41.2 Å². The van der Waals surface area contributed by atoms with Crippen molar-refractivity contribution in [3.8, 4) is 0 Å². The molecule has 1 aliphatic rings. The van der Waals surface area contributed by atoms with Crippen molar-refractivity contribution < 1.29 is 19.4 Å². The van der Waals surface area contributed by atoms with Gasteiger partial charge in [-0.2, -0.15) is 0 Å². The number of amides is 1. The van der Waals surface area contributed by atoms with Gasteiger partial charge in [0.1, 0.15) is 6.61 Å². The molecule has 2 aromatic rings. The number of nitrogens with one attached hydrogen (secondary N) is 1. The van der Waals surface area contributed by atoms with Crippen LogP contribution in [0.4, 0.5) is 4.79 Å². The van der Waals surface area contributed by atoms with Crippen molar-refractivity contribution in [3.05, 3.63) is 69.1 Å². The molecule has 1 amide bonds. The zero-order valence-electron chi connectivity index (χ0n) is 12.8. The first-order valence-electron chi connectivity index (χ1n) is 7.48. The van der Waals surface area contributed by atoms with Crippen LogP contribution >= 0.6 is 0 Å². The van der Waals surface area contributed by atoms with Gasteiger partial charge in [-0.15, -0.1) is 0 Å². The lowest BCUT2D eigenvalue weighted by Gasteiger charge is -2.28. The Morgan fingerprint density at radius 1 is 1.25 bits per heavy atom. The molecule has 0 spiro atoms. The normalized spacial score (nSPS) is 13.2. The molecule has 0 atom stereocenters. The molecule has 7 nitrogen and oxygen atoms in total. The first-order chi connectivity index (χ1) is 11.5. The van der Waals surface area contributed by atoms with Gasteiger partial charge in [0, 0.05) is 30.3 Å². The van der Waals surface area contributed by atoms with Crippen molar-refractivity contribution in [2.45, 2.75) is 19.6 Å². The molecule has 0 saturated carbocycles. The van der Waals surface area contributed by atoms with E-state index in [4.69, 9.17) is 4.74 Å². The molecule has 0 unspecified atom stereocenters. The highest BCUT2D eigenvalue weighted by Gasteiger charge is 2.26. The molecule has 0 aliphatic carbocycles. The Morgan fingerprint density at radius 3 is 2.71 bits per heavy atom. The van der Waals surface area contributed by atoms with Gasteiger partial charge in [-0.3, -0.25) is 4.79 Å². The van der Waals surface area contributed by atoms with Gasteiger partial charge in [-0.05, 0) is 5.56 Å². The summed E-state index contributed by atoms with van der Waals surface area (Å²) in [6.45, 7) is 0.613. The predicted molar refractivity (Wildman–Crippen MR) is 84.8 cm³/mol. The van der Waals surface area contributed by atoms with Gasteiger partial charge in [0.2, 0.25) is 5.56 Å². The Bertz CT molecular complexity index is 829. The molecule has 24 heavy (non-hydrogen) atoms. The Kier molecular flexibility index (Phi) is 4.33. The molecule has 2 N–H and O–H groups in total. The molecule has 7 heteroatoms. The third-order valence-electron chi connectivity index (χ3n) is 3.91. The van der Waals surface area contributed by atoms with E-state index >= 15 is 0 Å². The van der Waals surface area contributed by atoms with E-state index in [2.05, 4.69) is 4.98 Å². The van der Waals surface area contributed by atoms with Gasteiger partial charge in [-0.25, -0.2) is 9.59 Å². The van der Waals surface area contributed by atoms with Crippen LogP contribution in [0.5, 0.6) is 0 Å². The van der Waals surface area contributed by atoms with Crippen LogP contribution in [0.2, 0.25) is 0 Å². The fourth-order valence-electron chi connectivity index (χ4n) is 2.71. The minimum absolute atomic E-state index is 0.0747. The van der Waals surface area contributed by atoms with Gasteiger partial charge in [0.25, 0.3) is 0 Å². The number of hydrogen-bond donors (Lipinski definition) is 2. The highest BCUT2D eigenvalue weighted by atomic mass is 16.6. The molecule has 0 radical (unpaired) electrons. The molecule has 2 heterocycles. The zero-order valence-corrected chi connectivity index (χ0v) is 12.8. The number of carboxylic acids is 1. The van der Waals surface area contributed by atoms with Crippen LogP contribution in [0.3, 0.4) is 0 Å². The van der Waals surface area contributed by atoms with Gasteiger partial charge < -0.3 is 19.7 Å². The quantitative estimate of drug-likeness (QED) is 0.894. The topological polar surface area (TPSA) is 99.7 Å². The Labute approximate surface area is 137 Å². The number of rotatable bonds is 3. The van der Waals surface area contributed by atoms with Crippen LogP contribution < -0.4 is 5.56 Å². The Morgan fingerprint density at radius 2 is 2.00 bits per heavy atom. The van der Waals surface area contributed by atoms with Crippen molar-refractivity contribution in [2.24, 2.45) is 0 Å². The van der Waals surface area contributed by atoms with Crippen molar-refractivity contribution in [3.63, 3.8) is 0 Å². The smallest absolute Gasteiger partial charge is 0.410 e. The summed E-state index contributed by atoms with van der Waals surface area (Å²) >= 11 is 0. The van der Waals surface area contributed by atoms with Gasteiger partial charge in [-0.1, -0.05) is 30.3 Å². The molecule has 0 fully saturated rings. The SMILES string of the molecule is O=C(O)c1cc(=O)[nH]c2c1CN(C(=O)OCc1ccccc1)CC2.